The molecule has 156 valence electrons. The summed E-state index contributed by atoms with van der Waals surface area (Å²) in [7, 11) is 0. The normalized spacial score (nSPS) is 15.2. The maximum absolute atomic E-state index is 13.0. The molecule has 2 aromatic rings. The largest absolute Gasteiger partial charge is 0.444 e. The first-order chi connectivity index (χ1) is 13.7. The summed E-state index contributed by atoms with van der Waals surface area (Å²) in [6, 6.07) is 5.87. The van der Waals surface area contributed by atoms with E-state index in [1.165, 1.54) is 12.1 Å². The van der Waals surface area contributed by atoms with Crippen molar-refractivity contribution >= 4 is 23.7 Å². The Bertz CT molecular complexity index is 847. The Morgan fingerprint density at radius 2 is 1.79 bits per heavy atom. The standard InChI is InChI=1S/C19H26FN7O2/c1-19(2,3)29-18(28)27-10-8-26(9-11-27)12-15-23-16(21)25-17(24-15)22-14-6-4-13(20)5-7-14/h4-7H,8-12H2,1-3H3,(H3,21,22,23,24,25). The Morgan fingerprint density at radius 1 is 1.14 bits per heavy atom. The second-order valence-corrected chi connectivity index (χ2v) is 7.81. The number of ether oxygens (including phenoxy) is 1. The summed E-state index contributed by atoms with van der Waals surface area (Å²) >= 11 is 0. The first-order valence-corrected chi connectivity index (χ1v) is 9.41. The van der Waals surface area contributed by atoms with Gasteiger partial charge in [-0.05, 0) is 45.0 Å². The van der Waals surface area contributed by atoms with Crippen molar-refractivity contribution in [2.45, 2.75) is 32.9 Å². The molecule has 1 aliphatic rings. The number of aromatic nitrogens is 3. The number of halogens is 1. The maximum Gasteiger partial charge on any atom is 0.410 e. The Labute approximate surface area is 169 Å². The predicted molar refractivity (Wildman–Crippen MR) is 107 cm³/mol. The highest BCUT2D eigenvalue weighted by molar-refractivity contribution is 5.68. The van der Waals surface area contributed by atoms with Gasteiger partial charge in [-0.1, -0.05) is 0 Å². The number of piperazine rings is 1. The van der Waals surface area contributed by atoms with Crippen molar-refractivity contribution in [2.75, 3.05) is 37.2 Å². The fraction of sp³-hybridized carbons (Fsp3) is 0.474. The van der Waals surface area contributed by atoms with Crippen LogP contribution in [0.4, 0.5) is 26.8 Å². The second-order valence-electron chi connectivity index (χ2n) is 7.81. The number of anilines is 3. The molecule has 2 heterocycles. The highest BCUT2D eigenvalue weighted by Gasteiger charge is 2.26. The second kappa shape index (κ2) is 8.56. The third-order valence-corrected chi connectivity index (χ3v) is 4.19. The lowest BCUT2D eigenvalue weighted by Gasteiger charge is -2.35. The summed E-state index contributed by atoms with van der Waals surface area (Å²) in [6.45, 7) is 8.51. The quantitative estimate of drug-likeness (QED) is 0.801. The number of nitrogens with two attached hydrogens (primary N) is 1. The maximum atomic E-state index is 13.0. The van der Waals surface area contributed by atoms with Crippen molar-refractivity contribution in [1.29, 1.82) is 0 Å². The van der Waals surface area contributed by atoms with Crippen LogP contribution in [0.2, 0.25) is 0 Å². The number of nitrogens with one attached hydrogen (secondary N) is 1. The number of nitrogens with zero attached hydrogens (tertiary/aromatic N) is 5. The Hall–Kier alpha value is -3.01. The number of amides is 1. The number of carbonyl (C=O) groups is 1. The van der Waals surface area contributed by atoms with Crippen LogP contribution >= 0.6 is 0 Å². The number of rotatable bonds is 4. The predicted octanol–water partition coefficient (Wildman–Crippen LogP) is 2.39. The van der Waals surface area contributed by atoms with Crippen molar-refractivity contribution in [3.8, 4) is 0 Å². The van der Waals surface area contributed by atoms with Crippen LogP contribution in [0.15, 0.2) is 24.3 Å². The van der Waals surface area contributed by atoms with Gasteiger partial charge in [-0.3, -0.25) is 4.90 Å². The molecule has 1 aromatic carbocycles. The minimum atomic E-state index is -0.509. The molecular formula is C19H26FN7O2. The summed E-state index contributed by atoms with van der Waals surface area (Å²) in [6.07, 6.45) is -0.299. The topological polar surface area (TPSA) is 110 Å². The van der Waals surface area contributed by atoms with Gasteiger partial charge in [0.25, 0.3) is 0 Å². The van der Waals surface area contributed by atoms with Gasteiger partial charge in [-0.2, -0.15) is 15.0 Å². The van der Waals surface area contributed by atoms with Crippen LogP contribution in [-0.4, -0.2) is 62.6 Å². The van der Waals surface area contributed by atoms with Gasteiger partial charge < -0.3 is 20.7 Å². The minimum Gasteiger partial charge on any atom is -0.444 e. The Kier molecular flexibility index (Phi) is 6.12. The first kappa shape index (κ1) is 20.7. The van der Waals surface area contributed by atoms with E-state index in [0.29, 0.717) is 50.2 Å². The monoisotopic (exact) mass is 403 g/mol. The average Bonchev–Trinajstić information content (AvgIpc) is 2.62. The fourth-order valence-electron chi connectivity index (χ4n) is 2.84. The van der Waals surface area contributed by atoms with Gasteiger partial charge in [-0.15, -0.1) is 0 Å². The van der Waals surface area contributed by atoms with Gasteiger partial charge in [0.15, 0.2) is 0 Å². The van der Waals surface area contributed by atoms with Crippen LogP contribution in [0, 0.1) is 5.82 Å². The summed E-state index contributed by atoms with van der Waals surface area (Å²) in [5.74, 6) is 0.600. The van der Waals surface area contributed by atoms with Crippen molar-refractivity contribution in [3.05, 3.63) is 35.9 Å². The zero-order chi connectivity index (χ0) is 21.0. The van der Waals surface area contributed by atoms with Gasteiger partial charge in [0, 0.05) is 31.9 Å². The molecule has 1 aromatic heterocycles. The number of hydrogen-bond donors (Lipinski definition) is 2. The molecule has 29 heavy (non-hydrogen) atoms. The molecule has 0 atom stereocenters. The highest BCUT2D eigenvalue weighted by Crippen LogP contribution is 2.16. The van der Waals surface area contributed by atoms with E-state index < -0.39 is 5.60 Å². The Morgan fingerprint density at radius 3 is 2.41 bits per heavy atom. The van der Waals surface area contributed by atoms with E-state index in [9.17, 15) is 9.18 Å². The third kappa shape index (κ3) is 6.24. The summed E-state index contributed by atoms with van der Waals surface area (Å²) in [4.78, 5) is 28.7. The molecule has 3 rings (SSSR count). The number of hydrogen-bond acceptors (Lipinski definition) is 8. The van der Waals surface area contributed by atoms with E-state index in [1.807, 2.05) is 20.8 Å². The molecule has 1 fully saturated rings. The first-order valence-electron chi connectivity index (χ1n) is 9.41. The SMILES string of the molecule is CC(C)(C)OC(=O)N1CCN(Cc2nc(N)nc(Nc3ccc(F)cc3)n2)CC1. The molecule has 1 saturated heterocycles. The van der Waals surface area contributed by atoms with Gasteiger partial charge >= 0.3 is 6.09 Å². The molecule has 0 aliphatic carbocycles. The van der Waals surface area contributed by atoms with Crippen LogP contribution in [0.5, 0.6) is 0 Å². The van der Waals surface area contributed by atoms with E-state index in [-0.39, 0.29) is 17.9 Å². The lowest BCUT2D eigenvalue weighted by atomic mass is 10.2. The minimum absolute atomic E-state index is 0.104. The zero-order valence-electron chi connectivity index (χ0n) is 16.9. The van der Waals surface area contributed by atoms with Crippen molar-refractivity contribution in [1.82, 2.24) is 24.8 Å². The molecule has 1 amide bonds. The molecule has 1 aliphatic heterocycles. The smallest absolute Gasteiger partial charge is 0.410 e. The number of benzene rings is 1. The van der Waals surface area contributed by atoms with E-state index in [2.05, 4.69) is 25.2 Å². The molecule has 0 radical (unpaired) electrons. The van der Waals surface area contributed by atoms with Crippen molar-refractivity contribution in [2.24, 2.45) is 0 Å². The summed E-state index contributed by atoms with van der Waals surface area (Å²) in [5.41, 5.74) is 5.95. The molecule has 0 unspecified atom stereocenters. The number of nitrogen functional groups attached to an aromatic ring is 1. The molecule has 9 nitrogen and oxygen atoms in total. The molecule has 3 N–H and O–H groups in total. The lowest BCUT2D eigenvalue weighted by molar-refractivity contribution is 0.0137. The van der Waals surface area contributed by atoms with E-state index in [4.69, 9.17) is 10.5 Å². The molecule has 0 saturated carbocycles. The van der Waals surface area contributed by atoms with Crippen LogP contribution < -0.4 is 11.1 Å². The molecular weight excluding hydrogens is 377 g/mol. The summed E-state index contributed by atoms with van der Waals surface area (Å²) in [5, 5.41) is 3.00. The van der Waals surface area contributed by atoms with Crippen LogP contribution in [0.3, 0.4) is 0 Å². The Balaban J connectivity index is 1.57. The van der Waals surface area contributed by atoms with Crippen LogP contribution in [0.1, 0.15) is 26.6 Å². The number of carbonyl (C=O) groups excluding carboxylic acids is 1. The van der Waals surface area contributed by atoms with Crippen molar-refractivity contribution in [3.63, 3.8) is 0 Å². The van der Waals surface area contributed by atoms with Gasteiger partial charge in [0.2, 0.25) is 11.9 Å². The highest BCUT2D eigenvalue weighted by atomic mass is 19.1. The average molecular weight is 403 g/mol. The summed E-state index contributed by atoms with van der Waals surface area (Å²) < 4.78 is 18.5. The van der Waals surface area contributed by atoms with Gasteiger partial charge in [0.1, 0.15) is 17.2 Å². The third-order valence-electron chi connectivity index (χ3n) is 4.19. The van der Waals surface area contributed by atoms with Crippen LogP contribution in [-0.2, 0) is 11.3 Å². The van der Waals surface area contributed by atoms with Gasteiger partial charge in [-0.25, -0.2) is 9.18 Å². The van der Waals surface area contributed by atoms with Gasteiger partial charge in [0.05, 0.1) is 6.54 Å². The van der Waals surface area contributed by atoms with Crippen molar-refractivity contribution < 1.29 is 13.9 Å². The fourth-order valence-corrected chi connectivity index (χ4v) is 2.84. The molecule has 0 spiro atoms. The van der Waals surface area contributed by atoms with E-state index in [0.717, 1.165) is 0 Å². The molecule has 10 heteroatoms. The zero-order valence-corrected chi connectivity index (χ0v) is 16.9. The molecule has 0 bridgehead atoms. The van der Waals surface area contributed by atoms with E-state index >= 15 is 0 Å². The lowest BCUT2D eigenvalue weighted by Crippen LogP contribution is -2.49. The van der Waals surface area contributed by atoms with E-state index in [1.54, 1.807) is 17.0 Å². The van der Waals surface area contributed by atoms with Crippen LogP contribution in [0.25, 0.3) is 0 Å².